The molecule has 26 heteroatoms. The lowest BCUT2D eigenvalue weighted by Crippen LogP contribution is -2.30. The van der Waals surface area contributed by atoms with Gasteiger partial charge in [-0.15, -0.1) is 43.1 Å². The second kappa shape index (κ2) is 23.6. The van der Waals surface area contributed by atoms with Crippen molar-refractivity contribution < 1.29 is 45.3 Å². The van der Waals surface area contributed by atoms with E-state index < -0.39 is 53.9 Å². The predicted molar refractivity (Wildman–Crippen MR) is 278 cm³/mol. The van der Waals surface area contributed by atoms with Crippen LogP contribution in [0.4, 0.5) is 0 Å². The molecule has 8 aromatic rings. The molecule has 8 rings (SSSR count). The molecule has 4 atom stereocenters. The summed E-state index contributed by atoms with van der Waals surface area (Å²) in [6.45, 7) is 10.6. The van der Waals surface area contributed by atoms with Gasteiger partial charge in [0.05, 0.1) is 38.9 Å². The second-order valence-electron chi connectivity index (χ2n) is 16.7. The molecule has 0 saturated heterocycles. The SMILES string of the molecule is COc1cccc(OC)c1-n1c(CS(=O)(=O)[C@@H](C)[C@@H](OC)c2ncc(C)cn2)nnc1-c1nc(C)cs1.COc1cccc(OC)c1-n1c(CS(=O)(=O)[C@H](C)[C@H](OC)c2ncc(C)cn2)nnc1-c1nc(C)cs1. The second-order valence-corrected chi connectivity index (χ2v) is 23.2. The molecule has 0 amide bonds. The lowest BCUT2D eigenvalue weighted by molar-refractivity contribution is 0.0947. The van der Waals surface area contributed by atoms with Gasteiger partial charge in [0, 0.05) is 61.2 Å². The maximum absolute atomic E-state index is 13.7. The number of benzene rings is 2. The first-order valence-corrected chi connectivity index (χ1v) is 27.8. The summed E-state index contributed by atoms with van der Waals surface area (Å²) in [4.78, 5) is 26.2. The van der Waals surface area contributed by atoms with Crippen LogP contribution in [0.15, 0.2) is 71.9 Å². The molecule has 0 saturated carbocycles. The van der Waals surface area contributed by atoms with Gasteiger partial charge in [0.15, 0.2) is 64.6 Å². The molecule has 0 fully saturated rings. The van der Waals surface area contributed by atoms with E-state index in [1.807, 2.05) is 38.5 Å². The van der Waals surface area contributed by atoms with Crippen molar-refractivity contribution in [3.8, 4) is 56.0 Å². The Bertz CT molecular complexity index is 3150. The number of nitrogens with zero attached hydrogens (tertiary/aromatic N) is 12. The van der Waals surface area contributed by atoms with E-state index in [1.165, 1.54) is 65.3 Å². The lowest BCUT2D eigenvalue weighted by atomic mass is 10.2. The molecule has 0 aliphatic rings. The smallest absolute Gasteiger partial charge is 0.197 e. The van der Waals surface area contributed by atoms with Crippen LogP contribution in [0.2, 0.25) is 0 Å². The summed E-state index contributed by atoms with van der Waals surface area (Å²) in [5.41, 5.74) is 4.29. The third kappa shape index (κ3) is 11.7. The molecule has 6 heterocycles. The third-order valence-electron chi connectivity index (χ3n) is 11.6. The highest BCUT2D eigenvalue weighted by Crippen LogP contribution is 2.40. The summed E-state index contributed by atoms with van der Waals surface area (Å²) >= 11 is 2.76. The van der Waals surface area contributed by atoms with Crippen LogP contribution in [0.5, 0.6) is 23.0 Å². The Kier molecular flexibility index (Phi) is 17.5. The summed E-state index contributed by atoms with van der Waals surface area (Å²) in [6.07, 6.45) is 4.76. The van der Waals surface area contributed by atoms with Crippen LogP contribution in [0.25, 0.3) is 33.0 Å². The Morgan fingerprint density at radius 1 is 0.514 bits per heavy atom. The average molecular weight is 1090 g/mol. The first-order chi connectivity index (χ1) is 35.4. The summed E-state index contributed by atoms with van der Waals surface area (Å²) in [6, 6.07) is 10.6. The molecule has 392 valence electrons. The molecule has 6 aromatic heterocycles. The lowest BCUT2D eigenvalue weighted by Gasteiger charge is -2.22. The topological polar surface area (TPSA) is 262 Å². The minimum atomic E-state index is -3.84. The van der Waals surface area contributed by atoms with Crippen molar-refractivity contribution in [1.82, 2.24) is 59.4 Å². The quantitative estimate of drug-likeness (QED) is 0.0743. The molecule has 0 aliphatic carbocycles. The number of aromatic nitrogens is 12. The standard InChI is InChI=1S/2C24H28N6O5S2/c2*1-14-10-25-22(26-11-14)21(35-6)16(3)37(31,32)13-19-28-29-23(24-27-15(2)12-36-24)30(19)20-17(33-4)8-7-9-18(20)34-5/h2*7-12,16,21H,13H2,1-6H3/t2*16-,21+/m10/s1. The zero-order chi connectivity index (χ0) is 53.5. The van der Waals surface area contributed by atoms with Crippen LogP contribution in [0.3, 0.4) is 0 Å². The average Bonchev–Trinajstić information content (AvgIpc) is 4.22. The zero-order valence-corrected chi connectivity index (χ0v) is 46.0. The van der Waals surface area contributed by atoms with Crippen molar-refractivity contribution in [3.05, 3.63) is 118 Å². The fourth-order valence-electron chi connectivity index (χ4n) is 7.70. The van der Waals surface area contributed by atoms with Crippen LogP contribution in [0, 0.1) is 27.7 Å². The van der Waals surface area contributed by atoms with Crippen LogP contribution in [-0.2, 0) is 40.7 Å². The van der Waals surface area contributed by atoms with Crippen LogP contribution >= 0.6 is 22.7 Å². The number of hydrogen-bond acceptors (Lipinski definition) is 22. The highest BCUT2D eigenvalue weighted by molar-refractivity contribution is 7.91. The Morgan fingerprint density at radius 3 is 1.11 bits per heavy atom. The molecule has 0 bridgehead atoms. The highest BCUT2D eigenvalue weighted by Gasteiger charge is 2.37. The molecule has 0 N–H and O–H groups in total. The zero-order valence-electron chi connectivity index (χ0n) is 42.7. The first kappa shape index (κ1) is 54.9. The molecule has 0 radical (unpaired) electrons. The largest absolute Gasteiger partial charge is 0.494 e. The van der Waals surface area contributed by atoms with Crippen molar-refractivity contribution in [2.75, 3.05) is 42.7 Å². The van der Waals surface area contributed by atoms with Crippen molar-refractivity contribution in [2.45, 2.75) is 75.8 Å². The first-order valence-electron chi connectivity index (χ1n) is 22.6. The van der Waals surface area contributed by atoms with E-state index in [-0.39, 0.29) is 23.3 Å². The monoisotopic (exact) mass is 1090 g/mol. The molecule has 0 spiro atoms. The molecule has 74 heavy (non-hydrogen) atoms. The molecule has 22 nitrogen and oxygen atoms in total. The van der Waals surface area contributed by atoms with Crippen LogP contribution < -0.4 is 18.9 Å². The van der Waals surface area contributed by atoms with E-state index in [0.29, 0.717) is 56.0 Å². The van der Waals surface area contributed by atoms with Crippen molar-refractivity contribution in [2.24, 2.45) is 0 Å². The highest BCUT2D eigenvalue weighted by atomic mass is 32.2. The molecule has 2 aromatic carbocycles. The molecular weight excluding hydrogens is 1030 g/mol. The predicted octanol–water partition coefficient (Wildman–Crippen LogP) is 7.01. The number of para-hydroxylation sites is 2. The Morgan fingerprint density at radius 2 is 0.838 bits per heavy atom. The van der Waals surface area contributed by atoms with E-state index in [9.17, 15) is 16.8 Å². The third-order valence-corrected chi connectivity index (χ3v) is 17.6. The number of rotatable bonds is 20. The van der Waals surface area contributed by atoms with E-state index >= 15 is 0 Å². The molecular formula is C48H56N12O10S4. The summed E-state index contributed by atoms with van der Waals surface area (Å²) in [7, 11) is 1.29. The number of methoxy groups -OCH3 is 6. The van der Waals surface area contributed by atoms with Gasteiger partial charge in [-0.1, -0.05) is 12.1 Å². The minimum Gasteiger partial charge on any atom is -0.494 e. The van der Waals surface area contributed by atoms with Gasteiger partial charge in [-0.05, 0) is 76.9 Å². The molecule has 0 aliphatic heterocycles. The van der Waals surface area contributed by atoms with Gasteiger partial charge < -0.3 is 28.4 Å². The van der Waals surface area contributed by atoms with Crippen molar-refractivity contribution in [3.63, 3.8) is 0 Å². The Hall–Kier alpha value is -6.84. The van der Waals surface area contributed by atoms with Gasteiger partial charge in [-0.2, -0.15) is 0 Å². The van der Waals surface area contributed by atoms with E-state index in [0.717, 1.165) is 22.5 Å². The summed E-state index contributed by atoms with van der Waals surface area (Å²) < 4.78 is 91.5. The summed E-state index contributed by atoms with van der Waals surface area (Å²) in [5.74, 6) is 2.67. The minimum absolute atomic E-state index is 0.178. The van der Waals surface area contributed by atoms with Gasteiger partial charge in [0.2, 0.25) is 0 Å². The number of aryl methyl sites for hydroxylation is 4. The maximum atomic E-state index is 13.7. The van der Waals surface area contributed by atoms with Crippen molar-refractivity contribution >= 4 is 42.3 Å². The van der Waals surface area contributed by atoms with E-state index in [1.54, 1.807) is 84.2 Å². The van der Waals surface area contributed by atoms with Gasteiger partial charge in [0.1, 0.15) is 58.1 Å². The van der Waals surface area contributed by atoms with E-state index in [2.05, 4.69) is 50.3 Å². The van der Waals surface area contributed by atoms with Crippen LogP contribution in [-0.4, -0.2) is 129 Å². The van der Waals surface area contributed by atoms with Gasteiger partial charge in [0.25, 0.3) is 0 Å². The normalized spacial score (nSPS) is 13.4. The summed E-state index contributed by atoms with van der Waals surface area (Å²) in [5, 5.41) is 20.2. The number of thiazole rings is 2. The number of hydrogen-bond donors (Lipinski definition) is 0. The number of ether oxygens (including phenoxy) is 6. The fraction of sp³-hybridized carbons (Fsp3) is 0.375. The van der Waals surface area contributed by atoms with Crippen LogP contribution in [0.1, 0.15) is 71.9 Å². The number of sulfone groups is 2. The van der Waals surface area contributed by atoms with Gasteiger partial charge in [-0.25, -0.2) is 46.7 Å². The maximum Gasteiger partial charge on any atom is 0.197 e. The van der Waals surface area contributed by atoms with Crippen molar-refractivity contribution in [1.29, 1.82) is 0 Å². The Labute approximate surface area is 437 Å². The molecule has 0 unspecified atom stereocenters. The van der Waals surface area contributed by atoms with E-state index in [4.69, 9.17) is 28.4 Å². The van der Waals surface area contributed by atoms with Gasteiger partial charge >= 0.3 is 0 Å². The fourth-order valence-corrected chi connectivity index (χ4v) is 12.1. The van der Waals surface area contributed by atoms with Gasteiger partial charge in [-0.3, -0.25) is 9.13 Å². The Balaban J connectivity index is 0.000000216.